The fraction of sp³-hybridized carbons (Fsp3) is 0.316. The van der Waals surface area contributed by atoms with Gasteiger partial charge in [-0.05, 0) is 49.1 Å². The number of anilines is 1. The van der Waals surface area contributed by atoms with Gasteiger partial charge in [0.05, 0.1) is 0 Å². The van der Waals surface area contributed by atoms with Crippen molar-refractivity contribution >= 4 is 11.7 Å². The zero-order valence-corrected chi connectivity index (χ0v) is 13.7. The summed E-state index contributed by atoms with van der Waals surface area (Å²) >= 11 is 0. The molecule has 1 unspecified atom stereocenters. The maximum absolute atomic E-state index is 10.9. The van der Waals surface area contributed by atoms with Crippen LogP contribution in [0.25, 0.3) is 0 Å². The van der Waals surface area contributed by atoms with Gasteiger partial charge in [-0.3, -0.25) is 4.79 Å². The van der Waals surface area contributed by atoms with E-state index in [2.05, 4.69) is 30.0 Å². The molecule has 0 spiro atoms. The van der Waals surface area contributed by atoms with Gasteiger partial charge in [0.15, 0.2) is 0 Å². The molecule has 3 N–H and O–H groups in total. The first-order chi connectivity index (χ1) is 11.0. The molecule has 4 nitrogen and oxygen atoms in total. The van der Waals surface area contributed by atoms with E-state index in [-0.39, 0.29) is 0 Å². The Morgan fingerprint density at radius 3 is 2.48 bits per heavy atom. The number of aryl methyl sites for hydroxylation is 1. The Balaban J connectivity index is 2.15. The van der Waals surface area contributed by atoms with Gasteiger partial charge < -0.3 is 15.7 Å². The second-order valence-corrected chi connectivity index (χ2v) is 5.76. The summed E-state index contributed by atoms with van der Waals surface area (Å²) in [5.41, 5.74) is 10.1. The standard InChI is InChI=1S/C19H24N2O2/c1-3-21(13-15-7-5-4-6-8-15)17-10-9-16(14(2)11-17)12-18(20)19(22)23/h4-11,18H,3,12-13,20H2,1-2H3,(H,22,23). The molecule has 0 saturated heterocycles. The molecule has 0 aliphatic carbocycles. The molecule has 2 aromatic carbocycles. The van der Waals surface area contributed by atoms with E-state index in [1.807, 2.05) is 37.3 Å². The van der Waals surface area contributed by atoms with Crippen LogP contribution in [0.3, 0.4) is 0 Å². The molecule has 23 heavy (non-hydrogen) atoms. The number of hydrogen-bond donors (Lipinski definition) is 2. The summed E-state index contributed by atoms with van der Waals surface area (Å²) < 4.78 is 0. The van der Waals surface area contributed by atoms with Gasteiger partial charge in [-0.1, -0.05) is 36.4 Å². The average molecular weight is 312 g/mol. The number of aliphatic carboxylic acids is 1. The minimum atomic E-state index is -0.965. The summed E-state index contributed by atoms with van der Waals surface area (Å²) in [4.78, 5) is 13.2. The third-order valence-electron chi connectivity index (χ3n) is 4.05. The highest BCUT2D eigenvalue weighted by molar-refractivity contribution is 5.73. The van der Waals surface area contributed by atoms with Gasteiger partial charge in [-0.2, -0.15) is 0 Å². The first-order valence-corrected chi connectivity index (χ1v) is 7.88. The summed E-state index contributed by atoms with van der Waals surface area (Å²) in [5.74, 6) is -0.965. The Bertz CT molecular complexity index is 656. The van der Waals surface area contributed by atoms with Gasteiger partial charge in [-0.15, -0.1) is 0 Å². The maximum atomic E-state index is 10.9. The molecular formula is C19H24N2O2. The molecular weight excluding hydrogens is 288 g/mol. The lowest BCUT2D eigenvalue weighted by molar-refractivity contribution is -0.138. The van der Waals surface area contributed by atoms with E-state index < -0.39 is 12.0 Å². The minimum Gasteiger partial charge on any atom is -0.480 e. The van der Waals surface area contributed by atoms with E-state index in [1.165, 1.54) is 5.56 Å². The molecule has 1 atom stereocenters. The molecule has 4 heteroatoms. The topological polar surface area (TPSA) is 66.6 Å². The van der Waals surface area contributed by atoms with Crippen molar-refractivity contribution in [1.82, 2.24) is 0 Å². The van der Waals surface area contributed by atoms with Crippen molar-refractivity contribution in [1.29, 1.82) is 0 Å². The van der Waals surface area contributed by atoms with Crippen molar-refractivity contribution < 1.29 is 9.90 Å². The van der Waals surface area contributed by atoms with Gasteiger partial charge in [0.1, 0.15) is 6.04 Å². The fourth-order valence-corrected chi connectivity index (χ4v) is 2.62. The maximum Gasteiger partial charge on any atom is 0.320 e. The van der Waals surface area contributed by atoms with Gasteiger partial charge in [-0.25, -0.2) is 0 Å². The number of hydrogen-bond acceptors (Lipinski definition) is 3. The summed E-state index contributed by atoms with van der Waals surface area (Å²) in [6.07, 6.45) is 0.353. The normalized spacial score (nSPS) is 12.0. The molecule has 0 radical (unpaired) electrons. The van der Waals surface area contributed by atoms with Crippen molar-refractivity contribution in [3.05, 3.63) is 65.2 Å². The molecule has 0 amide bonds. The van der Waals surface area contributed by atoms with Crippen LogP contribution in [0.2, 0.25) is 0 Å². The number of carboxylic acids is 1. The Morgan fingerprint density at radius 1 is 1.22 bits per heavy atom. The Kier molecular flexibility index (Phi) is 5.77. The van der Waals surface area contributed by atoms with Crippen LogP contribution in [0.1, 0.15) is 23.6 Å². The molecule has 2 rings (SSSR count). The third-order valence-corrected chi connectivity index (χ3v) is 4.05. The number of nitrogens with zero attached hydrogens (tertiary/aromatic N) is 1. The zero-order valence-electron chi connectivity index (χ0n) is 13.7. The molecule has 0 aliphatic rings. The van der Waals surface area contributed by atoms with Gasteiger partial charge in [0, 0.05) is 18.8 Å². The smallest absolute Gasteiger partial charge is 0.320 e. The van der Waals surface area contributed by atoms with Crippen molar-refractivity contribution in [3.63, 3.8) is 0 Å². The first kappa shape index (κ1) is 17.0. The molecule has 0 aliphatic heterocycles. The minimum absolute atomic E-state index is 0.353. The lowest BCUT2D eigenvalue weighted by Gasteiger charge is -2.24. The number of carbonyl (C=O) groups is 1. The van der Waals surface area contributed by atoms with Crippen LogP contribution in [0.5, 0.6) is 0 Å². The fourth-order valence-electron chi connectivity index (χ4n) is 2.62. The van der Waals surface area contributed by atoms with Crippen molar-refractivity contribution in [3.8, 4) is 0 Å². The molecule has 0 fully saturated rings. The average Bonchev–Trinajstić information content (AvgIpc) is 2.55. The Labute approximate surface area is 137 Å². The van der Waals surface area contributed by atoms with E-state index >= 15 is 0 Å². The largest absolute Gasteiger partial charge is 0.480 e. The Hall–Kier alpha value is -2.33. The first-order valence-electron chi connectivity index (χ1n) is 7.88. The zero-order chi connectivity index (χ0) is 16.8. The van der Waals surface area contributed by atoms with E-state index in [9.17, 15) is 4.79 Å². The highest BCUT2D eigenvalue weighted by Crippen LogP contribution is 2.22. The van der Waals surface area contributed by atoms with Gasteiger partial charge >= 0.3 is 5.97 Å². The third kappa shape index (κ3) is 4.57. The van der Waals surface area contributed by atoms with E-state index in [1.54, 1.807) is 0 Å². The molecule has 2 aromatic rings. The quantitative estimate of drug-likeness (QED) is 0.825. The predicted octanol–water partition coefficient (Wildman–Crippen LogP) is 2.98. The van der Waals surface area contributed by atoms with Crippen molar-refractivity contribution in [2.24, 2.45) is 5.73 Å². The lowest BCUT2D eigenvalue weighted by Crippen LogP contribution is -2.32. The highest BCUT2D eigenvalue weighted by atomic mass is 16.4. The monoisotopic (exact) mass is 312 g/mol. The van der Waals surface area contributed by atoms with E-state index in [0.29, 0.717) is 6.42 Å². The van der Waals surface area contributed by atoms with Crippen molar-refractivity contribution in [2.45, 2.75) is 32.9 Å². The summed E-state index contributed by atoms with van der Waals surface area (Å²) in [6.45, 7) is 5.89. The van der Waals surface area contributed by atoms with Crippen LogP contribution in [0.4, 0.5) is 5.69 Å². The lowest BCUT2D eigenvalue weighted by atomic mass is 10.0. The van der Waals surface area contributed by atoms with Gasteiger partial charge in [0.2, 0.25) is 0 Å². The van der Waals surface area contributed by atoms with Gasteiger partial charge in [0.25, 0.3) is 0 Å². The van der Waals surface area contributed by atoms with Crippen LogP contribution in [-0.2, 0) is 17.8 Å². The second kappa shape index (κ2) is 7.79. The number of rotatable bonds is 7. The second-order valence-electron chi connectivity index (χ2n) is 5.76. The van der Waals surface area contributed by atoms with Crippen LogP contribution in [0.15, 0.2) is 48.5 Å². The van der Waals surface area contributed by atoms with Crippen LogP contribution < -0.4 is 10.6 Å². The number of nitrogens with two attached hydrogens (primary N) is 1. The van der Waals surface area contributed by atoms with E-state index in [4.69, 9.17) is 10.8 Å². The van der Waals surface area contributed by atoms with Crippen LogP contribution in [-0.4, -0.2) is 23.7 Å². The summed E-state index contributed by atoms with van der Waals surface area (Å²) in [7, 11) is 0. The predicted molar refractivity (Wildman–Crippen MR) is 93.7 cm³/mol. The summed E-state index contributed by atoms with van der Waals surface area (Å²) in [6, 6.07) is 15.6. The molecule has 0 aromatic heterocycles. The highest BCUT2D eigenvalue weighted by Gasteiger charge is 2.14. The molecule has 122 valence electrons. The van der Waals surface area contributed by atoms with E-state index in [0.717, 1.165) is 29.9 Å². The number of benzene rings is 2. The molecule has 0 heterocycles. The van der Waals surface area contributed by atoms with Crippen LogP contribution in [0, 0.1) is 6.92 Å². The van der Waals surface area contributed by atoms with Crippen molar-refractivity contribution in [2.75, 3.05) is 11.4 Å². The number of carboxylic acid groups (broad SMARTS) is 1. The SMILES string of the molecule is CCN(Cc1ccccc1)c1ccc(CC(N)C(=O)O)c(C)c1. The summed E-state index contributed by atoms with van der Waals surface area (Å²) in [5, 5.41) is 8.95. The molecule has 0 saturated carbocycles. The van der Waals surface area contributed by atoms with Crippen LogP contribution >= 0.6 is 0 Å². The Morgan fingerprint density at radius 2 is 1.91 bits per heavy atom. The molecule has 0 bridgehead atoms.